The van der Waals surface area contributed by atoms with Gasteiger partial charge in [0.25, 0.3) is 5.69 Å². The predicted molar refractivity (Wildman–Crippen MR) is 85.3 cm³/mol. The van der Waals surface area contributed by atoms with E-state index in [0.717, 1.165) is 5.57 Å². The van der Waals surface area contributed by atoms with Gasteiger partial charge < -0.3 is 9.47 Å². The number of ether oxygens (including phenoxy) is 2. The fraction of sp³-hybridized carbons (Fsp3) is 0.412. The molecule has 1 unspecified atom stereocenters. The highest BCUT2D eigenvalue weighted by Crippen LogP contribution is 2.49. The van der Waals surface area contributed by atoms with Gasteiger partial charge in [0.1, 0.15) is 0 Å². The second kappa shape index (κ2) is 6.82. The topological polar surface area (TPSA) is 95.7 Å². The number of methoxy groups -OCH3 is 2. The first-order valence-electron chi connectivity index (χ1n) is 7.43. The van der Waals surface area contributed by atoms with Crippen LogP contribution in [0.1, 0.15) is 31.2 Å². The van der Waals surface area contributed by atoms with Crippen molar-refractivity contribution in [3.05, 3.63) is 51.6 Å². The smallest absolute Gasteiger partial charge is 0.324 e. The van der Waals surface area contributed by atoms with Gasteiger partial charge in [-0.25, -0.2) is 0 Å². The molecular formula is C17H19NO6. The minimum atomic E-state index is -1.54. The first kappa shape index (κ1) is 17.7. The summed E-state index contributed by atoms with van der Waals surface area (Å²) in [5.41, 5.74) is -0.108. The Labute approximate surface area is 139 Å². The lowest BCUT2D eigenvalue weighted by Gasteiger charge is -2.38. The number of carbonyl (C=O) groups is 2. The van der Waals surface area contributed by atoms with Crippen molar-refractivity contribution in [1.29, 1.82) is 0 Å². The third-order valence-corrected chi connectivity index (χ3v) is 4.48. The lowest BCUT2D eigenvalue weighted by molar-refractivity contribution is -0.384. The SMILES string of the molecule is COC(=O)C1(C(=O)OC)CC=C(C)CC1c1cccc([N+](=O)[O-])c1. The van der Waals surface area contributed by atoms with Gasteiger partial charge in [-0.15, -0.1) is 0 Å². The Hall–Kier alpha value is -2.70. The highest BCUT2D eigenvalue weighted by Gasteiger charge is 2.55. The van der Waals surface area contributed by atoms with Crippen LogP contribution >= 0.6 is 0 Å². The van der Waals surface area contributed by atoms with E-state index in [1.54, 1.807) is 12.1 Å². The summed E-state index contributed by atoms with van der Waals surface area (Å²) in [6, 6.07) is 5.98. The van der Waals surface area contributed by atoms with Crippen LogP contribution in [-0.2, 0) is 19.1 Å². The number of non-ortho nitro benzene ring substituents is 1. The maximum atomic E-state index is 12.5. The van der Waals surface area contributed by atoms with Crippen molar-refractivity contribution in [2.75, 3.05) is 14.2 Å². The number of hydrogen-bond acceptors (Lipinski definition) is 6. The number of benzene rings is 1. The highest BCUT2D eigenvalue weighted by atomic mass is 16.6. The van der Waals surface area contributed by atoms with E-state index in [1.807, 2.05) is 13.0 Å². The average molecular weight is 333 g/mol. The van der Waals surface area contributed by atoms with Gasteiger partial charge in [0, 0.05) is 18.1 Å². The molecule has 0 fully saturated rings. The molecular weight excluding hydrogens is 314 g/mol. The molecule has 1 aliphatic carbocycles. The lowest BCUT2D eigenvalue weighted by atomic mass is 9.64. The number of nitro groups is 1. The largest absolute Gasteiger partial charge is 0.468 e. The molecule has 0 radical (unpaired) electrons. The van der Waals surface area contributed by atoms with Crippen LogP contribution in [0.25, 0.3) is 0 Å². The van der Waals surface area contributed by atoms with Crippen LogP contribution in [0.15, 0.2) is 35.9 Å². The van der Waals surface area contributed by atoms with Crippen LogP contribution in [0, 0.1) is 15.5 Å². The molecule has 7 heteroatoms. The van der Waals surface area contributed by atoms with Crippen molar-refractivity contribution >= 4 is 17.6 Å². The molecule has 1 aliphatic rings. The van der Waals surface area contributed by atoms with Gasteiger partial charge in [-0.2, -0.15) is 0 Å². The molecule has 0 spiro atoms. The van der Waals surface area contributed by atoms with E-state index in [-0.39, 0.29) is 12.1 Å². The second-order valence-electron chi connectivity index (χ2n) is 5.82. The highest BCUT2D eigenvalue weighted by molar-refractivity contribution is 6.01. The van der Waals surface area contributed by atoms with Gasteiger partial charge >= 0.3 is 11.9 Å². The molecule has 0 saturated carbocycles. The van der Waals surface area contributed by atoms with Crippen LogP contribution < -0.4 is 0 Å². The Kier molecular flexibility index (Phi) is 5.02. The first-order valence-corrected chi connectivity index (χ1v) is 7.43. The molecule has 0 aromatic heterocycles. The van der Waals surface area contributed by atoms with Gasteiger partial charge in [-0.1, -0.05) is 23.8 Å². The van der Waals surface area contributed by atoms with Crippen molar-refractivity contribution in [2.24, 2.45) is 5.41 Å². The maximum Gasteiger partial charge on any atom is 0.324 e. The van der Waals surface area contributed by atoms with Crippen LogP contribution in [0.4, 0.5) is 5.69 Å². The molecule has 0 bridgehead atoms. The average Bonchev–Trinajstić information content (AvgIpc) is 2.60. The number of nitrogens with zero attached hydrogens (tertiary/aromatic N) is 1. The summed E-state index contributed by atoms with van der Waals surface area (Å²) < 4.78 is 9.76. The van der Waals surface area contributed by atoms with Crippen molar-refractivity contribution in [3.63, 3.8) is 0 Å². The summed E-state index contributed by atoms with van der Waals surface area (Å²) in [4.78, 5) is 35.6. The van der Waals surface area contributed by atoms with Crippen molar-refractivity contribution in [2.45, 2.75) is 25.7 Å². The summed E-state index contributed by atoms with van der Waals surface area (Å²) in [5.74, 6) is -1.99. The molecule has 0 aliphatic heterocycles. The van der Waals surface area contributed by atoms with Gasteiger partial charge in [0.05, 0.1) is 19.1 Å². The Balaban J connectivity index is 2.63. The molecule has 128 valence electrons. The van der Waals surface area contributed by atoms with E-state index in [0.29, 0.717) is 12.0 Å². The Morgan fingerprint density at radius 3 is 2.42 bits per heavy atom. The minimum Gasteiger partial charge on any atom is -0.468 e. The normalized spacial score (nSPS) is 19.1. The van der Waals surface area contributed by atoms with Crippen molar-refractivity contribution in [3.8, 4) is 0 Å². The molecule has 1 aromatic rings. The minimum absolute atomic E-state index is 0.0941. The van der Waals surface area contributed by atoms with E-state index in [4.69, 9.17) is 9.47 Å². The molecule has 1 aromatic carbocycles. The van der Waals surface area contributed by atoms with E-state index in [9.17, 15) is 19.7 Å². The Bertz CT molecular complexity index is 693. The summed E-state index contributed by atoms with van der Waals surface area (Å²) in [6.07, 6.45) is 2.35. The molecule has 7 nitrogen and oxygen atoms in total. The van der Waals surface area contributed by atoms with Crippen LogP contribution in [0.2, 0.25) is 0 Å². The Morgan fingerprint density at radius 2 is 1.88 bits per heavy atom. The fourth-order valence-electron chi connectivity index (χ4n) is 3.21. The second-order valence-corrected chi connectivity index (χ2v) is 5.82. The zero-order chi connectivity index (χ0) is 17.9. The monoisotopic (exact) mass is 333 g/mol. The standard InChI is InChI=1S/C17H19NO6/c1-11-7-8-17(15(19)23-2,16(20)24-3)14(9-11)12-5-4-6-13(10-12)18(21)22/h4-7,10,14H,8-9H2,1-3H3. The zero-order valence-electron chi connectivity index (χ0n) is 13.8. The molecule has 0 amide bonds. The van der Waals surface area contributed by atoms with Gasteiger partial charge in [0.15, 0.2) is 5.41 Å². The number of esters is 2. The van der Waals surface area contributed by atoms with Crippen molar-refractivity contribution < 1.29 is 24.0 Å². The number of rotatable bonds is 4. The molecule has 2 rings (SSSR count). The van der Waals surface area contributed by atoms with E-state index < -0.39 is 28.2 Å². The van der Waals surface area contributed by atoms with Crippen LogP contribution in [-0.4, -0.2) is 31.1 Å². The van der Waals surface area contributed by atoms with Crippen LogP contribution in [0.5, 0.6) is 0 Å². The zero-order valence-corrected chi connectivity index (χ0v) is 13.8. The molecule has 1 atom stereocenters. The predicted octanol–water partition coefficient (Wildman–Crippen LogP) is 2.75. The molecule has 0 saturated heterocycles. The lowest BCUT2D eigenvalue weighted by Crippen LogP contribution is -2.47. The number of nitro benzene ring substituents is 1. The van der Waals surface area contributed by atoms with Crippen LogP contribution in [0.3, 0.4) is 0 Å². The van der Waals surface area contributed by atoms with Gasteiger partial charge in [-0.05, 0) is 25.3 Å². The summed E-state index contributed by atoms with van der Waals surface area (Å²) in [7, 11) is 2.42. The Morgan fingerprint density at radius 1 is 1.25 bits per heavy atom. The third-order valence-electron chi connectivity index (χ3n) is 4.48. The first-order chi connectivity index (χ1) is 11.4. The number of carbonyl (C=O) groups excluding carboxylic acids is 2. The summed E-state index contributed by atoms with van der Waals surface area (Å²) >= 11 is 0. The van der Waals surface area contributed by atoms with E-state index in [1.165, 1.54) is 26.4 Å². The number of allylic oxidation sites excluding steroid dienone is 2. The summed E-state index contributed by atoms with van der Waals surface area (Å²) in [6.45, 7) is 1.89. The fourth-order valence-corrected chi connectivity index (χ4v) is 3.21. The number of hydrogen-bond donors (Lipinski definition) is 0. The molecule has 0 heterocycles. The third kappa shape index (κ3) is 2.89. The van der Waals surface area contributed by atoms with E-state index in [2.05, 4.69) is 0 Å². The quantitative estimate of drug-likeness (QED) is 0.276. The van der Waals surface area contributed by atoms with Gasteiger partial charge in [-0.3, -0.25) is 19.7 Å². The molecule has 24 heavy (non-hydrogen) atoms. The van der Waals surface area contributed by atoms with E-state index >= 15 is 0 Å². The molecule has 0 N–H and O–H groups in total. The van der Waals surface area contributed by atoms with Crippen molar-refractivity contribution in [1.82, 2.24) is 0 Å². The summed E-state index contributed by atoms with van der Waals surface area (Å²) in [5, 5.41) is 11.1. The van der Waals surface area contributed by atoms with Gasteiger partial charge in [0.2, 0.25) is 0 Å². The maximum absolute atomic E-state index is 12.5.